The zero-order valence-electron chi connectivity index (χ0n) is 13.1. The van der Waals surface area contributed by atoms with Crippen molar-refractivity contribution in [3.05, 3.63) is 58.0 Å². The minimum Gasteiger partial charge on any atom is -0.374 e. The highest BCUT2D eigenvalue weighted by atomic mass is 16.2. The van der Waals surface area contributed by atoms with Gasteiger partial charge < -0.3 is 25.9 Å². The zero-order valence-corrected chi connectivity index (χ0v) is 13.1. The fraction of sp³-hybridized carbons (Fsp3) is 0.118. The molecule has 2 aromatic carbocycles. The van der Waals surface area contributed by atoms with Crippen LogP contribution in [0.15, 0.2) is 41.2 Å². The van der Waals surface area contributed by atoms with Crippen LogP contribution in [-0.2, 0) is 11.3 Å². The van der Waals surface area contributed by atoms with Gasteiger partial charge in [-0.25, -0.2) is 4.79 Å². The summed E-state index contributed by atoms with van der Waals surface area (Å²) in [5.41, 5.74) is 3.86. The number of rotatable bonds is 3. The van der Waals surface area contributed by atoms with Gasteiger partial charge in [0.1, 0.15) is 0 Å². The normalized spacial score (nSPS) is 13.0. The van der Waals surface area contributed by atoms with E-state index in [4.69, 9.17) is 0 Å². The summed E-state index contributed by atoms with van der Waals surface area (Å²) >= 11 is 0. The lowest BCUT2D eigenvalue weighted by Gasteiger charge is -2.19. The lowest BCUT2D eigenvalue weighted by Crippen LogP contribution is -2.28. The molecule has 4 rings (SSSR count). The third kappa shape index (κ3) is 2.97. The van der Waals surface area contributed by atoms with Crippen molar-refractivity contribution in [2.45, 2.75) is 6.54 Å². The van der Waals surface area contributed by atoms with Crippen molar-refractivity contribution in [3.8, 4) is 0 Å². The van der Waals surface area contributed by atoms with E-state index in [1.807, 2.05) is 12.1 Å². The Morgan fingerprint density at radius 1 is 1.00 bits per heavy atom. The predicted octanol–water partition coefficient (Wildman–Crippen LogP) is 1.15. The molecule has 126 valence electrons. The largest absolute Gasteiger partial charge is 0.374 e. The lowest BCUT2D eigenvalue weighted by atomic mass is 10.1. The first-order chi connectivity index (χ1) is 12.1. The van der Waals surface area contributed by atoms with Gasteiger partial charge in [-0.1, -0.05) is 6.07 Å². The van der Waals surface area contributed by atoms with Gasteiger partial charge in [0, 0.05) is 12.1 Å². The summed E-state index contributed by atoms with van der Waals surface area (Å²) < 4.78 is 0. The van der Waals surface area contributed by atoms with Crippen molar-refractivity contribution in [3.63, 3.8) is 0 Å². The number of hydrogen-bond acceptors (Lipinski definition) is 4. The molecule has 3 aromatic rings. The monoisotopic (exact) mass is 337 g/mol. The minimum atomic E-state index is -0.263. The molecule has 1 aliphatic heterocycles. The second kappa shape index (κ2) is 5.82. The number of benzene rings is 2. The molecule has 25 heavy (non-hydrogen) atoms. The molecular formula is C17H15N5O3. The third-order valence-electron chi connectivity index (χ3n) is 4.03. The lowest BCUT2D eigenvalue weighted by molar-refractivity contribution is -0.114. The molecule has 1 aromatic heterocycles. The number of H-pyrrole nitrogens is 2. The molecule has 0 radical (unpaired) electrons. The fourth-order valence-corrected chi connectivity index (χ4v) is 2.79. The highest BCUT2D eigenvalue weighted by Gasteiger charge is 2.16. The Hall–Kier alpha value is -3.55. The van der Waals surface area contributed by atoms with Gasteiger partial charge in [0.05, 0.1) is 29.0 Å². The van der Waals surface area contributed by atoms with Gasteiger partial charge in [-0.2, -0.15) is 0 Å². The van der Waals surface area contributed by atoms with Crippen molar-refractivity contribution < 1.29 is 9.59 Å². The van der Waals surface area contributed by atoms with Crippen LogP contribution in [0.5, 0.6) is 0 Å². The van der Waals surface area contributed by atoms with Gasteiger partial charge >= 0.3 is 5.69 Å². The second-order valence-electron chi connectivity index (χ2n) is 5.80. The van der Waals surface area contributed by atoms with Gasteiger partial charge in [-0.3, -0.25) is 9.59 Å². The van der Waals surface area contributed by atoms with Crippen LogP contribution < -0.4 is 21.6 Å². The van der Waals surface area contributed by atoms with Crippen molar-refractivity contribution in [1.82, 2.24) is 15.3 Å². The van der Waals surface area contributed by atoms with Crippen LogP contribution in [0.4, 0.5) is 11.4 Å². The maximum atomic E-state index is 12.3. The van der Waals surface area contributed by atoms with E-state index in [2.05, 4.69) is 25.9 Å². The summed E-state index contributed by atoms with van der Waals surface area (Å²) in [5.74, 6) is -0.385. The molecule has 0 saturated carbocycles. The number of nitrogens with one attached hydrogen (secondary N) is 5. The number of hydrogen-bond donors (Lipinski definition) is 5. The summed E-state index contributed by atoms with van der Waals surface area (Å²) in [6.45, 7) is 0.548. The molecule has 8 heteroatoms. The maximum Gasteiger partial charge on any atom is 0.323 e. The van der Waals surface area contributed by atoms with Crippen molar-refractivity contribution in [1.29, 1.82) is 0 Å². The van der Waals surface area contributed by atoms with Crippen LogP contribution in [0.3, 0.4) is 0 Å². The number of aromatic amines is 2. The van der Waals surface area contributed by atoms with E-state index in [1.54, 1.807) is 24.3 Å². The van der Waals surface area contributed by atoms with Crippen LogP contribution >= 0.6 is 0 Å². The average Bonchev–Trinajstić information content (AvgIpc) is 2.98. The molecule has 2 heterocycles. The highest BCUT2D eigenvalue weighted by molar-refractivity contribution is 6.03. The van der Waals surface area contributed by atoms with Crippen molar-refractivity contribution in [2.24, 2.45) is 0 Å². The number of aromatic nitrogens is 2. The van der Waals surface area contributed by atoms with E-state index in [0.717, 1.165) is 16.8 Å². The van der Waals surface area contributed by atoms with E-state index < -0.39 is 0 Å². The Kier molecular flexibility index (Phi) is 3.50. The summed E-state index contributed by atoms with van der Waals surface area (Å²) in [5, 5.41) is 8.54. The number of carbonyl (C=O) groups excluding carboxylic acids is 2. The summed E-state index contributed by atoms with van der Waals surface area (Å²) in [4.78, 5) is 40.4. The van der Waals surface area contributed by atoms with Gasteiger partial charge in [-0.05, 0) is 35.9 Å². The summed E-state index contributed by atoms with van der Waals surface area (Å²) in [6.07, 6.45) is 0. The van der Waals surface area contributed by atoms with Crippen LogP contribution in [-0.4, -0.2) is 28.3 Å². The topological polar surface area (TPSA) is 119 Å². The SMILES string of the molecule is O=C1CNc2ccc(C(=O)NCc3ccc4[nH]c(=O)[nH]c4c3)cc2N1. The van der Waals surface area contributed by atoms with E-state index in [0.29, 0.717) is 23.3 Å². The van der Waals surface area contributed by atoms with Gasteiger partial charge in [-0.15, -0.1) is 0 Å². The minimum absolute atomic E-state index is 0.140. The van der Waals surface area contributed by atoms with Gasteiger partial charge in [0.2, 0.25) is 5.91 Å². The smallest absolute Gasteiger partial charge is 0.323 e. The summed E-state index contributed by atoms with van der Waals surface area (Å²) in [7, 11) is 0. The van der Waals surface area contributed by atoms with Crippen LogP contribution in [0.25, 0.3) is 11.0 Å². The maximum absolute atomic E-state index is 12.3. The number of carbonyl (C=O) groups is 2. The predicted molar refractivity (Wildman–Crippen MR) is 93.7 cm³/mol. The molecule has 0 atom stereocenters. The molecule has 2 amide bonds. The Morgan fingerprint density at radius 3 is 2.72 bits per heavy atom. The zero-order chi connectivity index (χ0) is 17.4. The molecule has 0 unspecified atom stereocenters. The second-order valence-corrected chi connectivity index (χ2v) is 5.80. The van der Waals surface area contributed by atoms with Gasteiger partial charge in [0.25, 0.3) is 5.91 Å². The average molecular weight is 337 g/mol. The van der Waals surface area contributed by atoms with Gasteiger partial charge in [0.15, 0.2) is 0 Å². The van der Waals surface area contributed by atoms with E-state index >= 15 is 0 Å². The molecule has 0 spiro atoms. The Morgan fingerprint density at radius 2 is 1.84 bits per heavy atom. The quantitative estimate of drug-likeness (QED) is 0.492. The molecule has 5 N–H and O–H groups in total. The molecule has 0 aliphatic carbocycles. The number of amides is 2. The third-order valence-corrected chi connectivity index (χ3v) is 4.03. The standard InChI is InChI=1S/C17H15N5O3/c23-15-8-18-11-4-2-10(6-14(11)20-15)16(24)19-7-9-1-3-12-13(5-9)22-17(25)21-12/h1-6,18H,7-8H2,(H,19,24)(H,20,23)(H2,21,22,25). The first-order valence-electron chi connectivity index (χ1n) is 7.75. The van der Waals surface area contributed by atoms with Crippen LogP contribution in [0.1, 0.15) is 15.9 Å². The Bertz CT molecular complexity index is 1050. The highest BCUT2D eigenvalue weighted by Crippen LogP contribution is 2.25. The molecule has 0 saturated heterocycles. The van der Waals surface area contributed by atoms with Crippen molar-refractivity contribution >= 4 is 34.2 Å². The summed E-state index contributed by atoms with van der Waals surface area (Å²) in [6, 6.07) is 10.5. The van der Waals surface area contributed by atoms with Crippen LogP contribution in [0, 0.1) is 0 Å². The number of fused-ring (bicyclic) bond motifs is 2. The number of imidazole rings is 1. The molecule has 1 aliphatic rings. The van der Waals surface area contributed by atoms with Crippen molar-refractivity contribution in [2.75, 3.05) is 17.2 Å². The molecule has 0 bridgehead atoms. The molecule has 0 fully saturated rings. The Labute approximate surface area is 141 Å². The Balaban J connectivity index is 1.48. The van der Waals surface area contributed by atoms with E-state index in [1.165, 1.54) is 0 Å². The number of anilines is 2. The first-order valence-corrected chi connectivity index (χ1v) is 7.75. The molecule has 8 nitrogen and oxygen atoms in total. The van der Waals surface area contributed by atoms with Crippen LogP contribution in [0.2, 0.25) is 0 Å². The van der Waals surface area contributed by atoms with E-state index in [-0.39, 0.29) is 24.0 Å². The molecular weight excluding hydrogens is 322 g/mol. The first kappa shape index (κ1) is 15.0. The fourth-order valence-electron chi connectivity index (χ4n) is 2.79. The van der Waals surface area contributed by atoms with E-state index in [9.17, 15) is 14.4 Å².